The highest BCUT2D eigenvalue weighted by Crippen LogP contribution is 2.32. The van der Waals surface area contributed by atoms with Crippen LogP contribution in [-0.4, -0.2) is 27.3 Å². The van der Waals surface area contributed by atoms with E-state index in [9.17, 15) is 17.2 Å². The first-order valence-electron chi connectivity index (χ1n) is 7.48. The minimum Gasteiger partial charge on any atom is -0.379 e. The first-order valence-corrected chi connectivity index (χ1v) is 9.37. The van der Waals surface area contributed by atoms with Crippen LogP contribution in [0, 0.1) is 11.6 Å². The molecule has 128 valence electrons. The molecule has 2 aromatic carbocycles. The highest BCUT2D eigenvalue weighted by atomic mass is 32.2. The van der Waals surface area contributed by atoms with E-state index in [0.29, 0.717) is 18.6 Å². The molecule has 0 aromatic heterocycles. The molecular formula is C17H17F2NO3S. The van der Waals surface area contributed by atoms with Crippen LogP contribution in [0.5, 0.6) is 0 Å². The molecule has 0 aliphatic carbocycles. The molecule has 1 heterocycles. The Hall–Kier alpha value is -1.99. The van der Waals surface area contributed by atoms with E-state index in [1.54, 1.807) is 12.1 Å². The topological polar surface area (TPSA) is 55.4 Å². The van der Waals surface area contributed by atoms with Crippen LogP contribution >= 0.6 is 0 Å². The Morgan fingerprint density at radius 2 is 1.79 bits per heavy atom. The first-order chi connectivity index (χ1) is 11.3. The lowest BCUT2D eigenvalue weighted by molar-refractivity contribution is 0.107. The molecule has 1 N–H and O–H groups in total. The summed E-state index contributed by atoms with van der Waals surface area (Å²) in [5, 5.41) is 3.27. The number of rotatable bonds is 4. The summed E-state index contributed by atoms with van der Waals surface area (Å²) in [5.74, 6) is -1.79. The molecule has 1 aliphatic heterocycles. The van der Waals surface area contributed by atoms with Gasteiger partial charge in [-0.1, -0.05) is 6.07 Å². The van der Waals surface area contributed by atoms with E-state index in [4.69, 9.17) is 4.74 Å². The van der Waals surface area contributed by atoms with Crippen molar-refractivity contribution < 1.29 is 21.9 Å². The van der Waals surface area contributed by atoms with Gasteiger partial charge in [-0.05, 0) is 48.4 Å². The van der Waals surface area contributed by atoms with Gasteiger partial charge in [0.05, 0.1) is 10.9 Å². The van der Waals surface area contributed by atoms with E-state index >= 15 is 0 Å². The van der Waals surface area contributed by atoms with Crippen LogP contribution in [0.25, 0.3) is 0 Å². The number of hydrogen-bond acceptors (Lipinski definition) is 4. The predicted octanol–water partition coefficient (Wildman–Crippen LogP) is 3.31. The molecule has 1 saturated heterocycles. The van der Waals surface area contributed by atoms with Crippen LogP contribution < -0.4 is 5.32 Å². The largest absolute Gasteiger partial charge is 0.379 e. The zero-order valence-corrected chi connectivity index (χ0v) is 13.8. The maximum atomic E-state index is 13.4. The molecule has 0 bridgehead atoms. The van der Waals surface area contributed by atoms with Crippen LogP contribution in [0.2, 0.25) is 0 Å². The fraction of sp³-hybridized carbons (Fsp3) is 0.294. The lowest BCUT2D eigenvalue weighted by atomic mass is 10.0. The number of nitrogens with one attached hydrogen (secondary N) is 1. The molecule has 2 aromatic rings. The van der Waals surface area contributed by atoms with E-state index < -0.39 is 27.6 Å². The molecule has 7 heteroatoms. The minimum absolute atomic E-state index is 0.112. The fourth-order valence-electron chi connectivity index (χ4n) is 2.77. The highest BCUT2D eigenvalue weighted by Gasteiger charge is 2.30. The summed E-state index contributed by atoms with van der Waals surface area (Å²) in [7, 11) is -3.24. The Balaban J connectivity index is 1.77. The molecule has 0 saturated carbocycles. The summed E-state index contributed by atoms with van der Waals surface area (Å²) in [4.78, 5) is 0.243. The first kappa shape index (κ1) is 16.9. The number of ether oxygens (including phenoxy) is 1. The Morgan fingerprint density at radius 3 is 2.42 bits per heavy atom. The molecule has 1 fully saturated rings. The van der Waals surface area contributed by atoms with Crippen molar-refractivity contribution in [2.24, 2.45) is 0 Å². The second kappa shape index (κ2) is 6.49. The smallest absolute Gasteiger partial charge is 0.175 e. The van der Waals surface area contributed by atoms with Crippen molar-refractivity contribution in [3.63, 3.8) is 0 Å². The van der Waals surface area contributed by atoms with Gasteiger partial charge in [0, 0.05) is 18.6 Å². The van der Waals surface area contributed by atoms with Crippen LogP contribution in [0.15, 0.2) is 47.4 Å². The summed E-state index contributed by atoms with van der Waals surface area (Å²) < 4.78 is 55.1. The second-order valence-electron chi connectivity index (χ2n) is 5.80. The maximum absolute atomic E-state index is 13.4. The third-order valence-electron chi connectivity index (χ3n) is 4.00. The molecule has 0 spiro atoms. The van der Waals surface area contributed by atoms with Crippen molar-refractivity contribution in [2.45, 2.75) is 23.5 Å². The van der Waals surface area contributed by atoms with Crippen LogP contribution in [0.4, 0.5) is 14.5 Å². The van der Waals surface area contributed by atoms with Gasteiger partial charge in [0.15, 0.2) is 21.5 Å². The average molecular weight is 353 g/mol. The number of sulfone groups is 1. The predicted molar refractivity (Wildman–Crippen MR) is 86.6 cm³/mol. The zero-order chi connectivity index (χ0) is 17.3. The second-order valence-corrected chi connectivity index (χ2v) is 7.82. The third kappa shape index (κ3) is 3.57. The van der Waals surface area contributed by atoms with Crippen molar-refractivity contribution in [1.82, 2.24) is 0 Å². The molecule has 2 unspecified atom stereocenters. The number of halogens is 2. The molecule has 3 rings (SSSR count). The van der Waals surface area contributed by atoms with Gasteiger partial charge in [0.2, 0.25) is 0 Å². The Bertz CT molecular complexity index is 837. The van der Waals surface area contributed by atoms with E-state index in [1.807, 2.05) is 0 Å². The average Bonchev–Trinajstić information content (AvgIpc) is 2.98. The van der Waals surface area contributed by atoms with Gasteiger partial charge in [-0.2, -0.15) is 0 Å². The SMILES string of the molecule is CS(=O)(=O)c1ccc(NC2CCOC2c2ccc(F)c(F)c2)cc1. The number of hydrogen-bond donors (Lipinski definition) is 1. The Morgan fingerprint density at radius 1 is 1.08 bits per heavy atom. The third-order valence-corrected chi connectivity index (χ3v) is 5.13. The number of benzene rings is 2. The van der Waals surface area contributed by atoms with Crippen molar-refractivity contribution in [3.8, 4) is 0 Å². The monoisotopic (exact) mass is 353 g/mol. The fourth-order valence-corrected chi connectivity index (χ4v) is 3.40. The van der Waals surface area contributed by atoms with Crippen LogP contribution in [-0.2, 0) is 14.6 Å². The summed E-state index contributed by atoms with van der Waals surface area (Å²) in [6.07, 6.45) is 1.46. The summed E-state index contributed by atoms with van der Waals surface area (Å²) >= 11 is 0. The number of anilines is 1. The van der Waals surface area contributed by atoms with Crippen molar-refractivity contribution in [3.05, 3.63) is 59.7 Å². The van der Waals surface area contributed by atoms with Gasteiger partial charge >= 0.3 is 0 Å². The van der Waals surface area contributed by atoms with E-state index in [0.717, 1.165) is 24.1 Å². The Kier molecular flexibility index (Phi) is 4.56. The Labute approximate surface area is 139 Å². The lowest BCUT2D eigenvalue weighted by Crippen LogP contribution is -2.23. The van der Waals surface area contributed by atoms with Crippen LogP contribution in [0.1, 0.15) is 18.1 Å². The van der Waals surface area contributed by atoms with Gasteiger partial charge in [-0.15, -0.1) is 0 Å². The van der Waals surface area contributed by atoms with Crippen molar-refractivity contribution in [1.29, 1.82) is 0 Å². The van der Waals surface area contributed by atoms with E-state index in [-0.39, 0.29) is 10.9 Å². The minimum atomic E-state index is -3.24. The quantitative estimate of drug-likeness (QED) is 0.916. The zero-order valence-electron chi connectivity index (χ0n) is 13.0. The van der Waals surface area contributed by atoms with E-state index in [2.05, 4.69) is 5.32 Å². The van der Waals surface area contributed by atoms with Gasteiger partial charge in [-0.25, -0.2) is 17.2 Å². The van der Waals surface area contributed by atoms with Crippen molar-refractivity contribution >= 4 is 15.5 Å². The molecule has 4 nitrogen and oxygen atoms in total. The molecule has 24 heavy (non-hydrogen) atoms. The van der Waals surface area contributed by atoms with Gasteiger partial charge in [0.25, 0.3) is 0 Å². The molecule has 0 radical (unpaired) electrons. The summed E-state index contributed by atoms with van der Waals surface area (Å²) in [6, 6.07) is 10.0. The lowest BCUT2D eigenvalue weighted by Gasteiger charge is -2.21. The molecular weight excluding hydrogens is 336 g/mol. The van der Waals surface area contributed by atoms with Gasteiger partial charge < -0.3 is 10.1 Å². The van der Waals surface area contributed by atoms with Gasteiger partial charge in [0.1, 0.15) is 6.10 Å². The highest BCUT2D eigenvalue weighted by molar-refractivity contribution is 7.90. The molecule has 0 amide bonds. The summed E-state index contributed by atoms with van der Waals surface area (Å²) in [5.41, 5.74) is 1.31. The molecule has 2 atom stereocenters. The normalized spacial score (nSPS) is 21.0. The van der Waals surface area contributed by atoms with E-state index in [1.165, 1.54) is 18.2 Å². The standard InChI is InChI=1S/C17H17F2NO3S/c1-24(21,22)13-5-3-12(4-6-13)20-16-8-9-23-17(16)11-2-7-14(18)15(19)10-11/h2-7,10,16-17,20H,8-9H2,1H3. The maximum Gasteiger partial charge on any atom is 0.175 e. The molecule has 1 aliphatic rings. The summed E-state index contributed by atoms with van der Waals surface area (Å²) in [6.45, 7) is 0.503. The van der Waals surface area contributed by atoms with Gasteiger partial charge in [-0.3, -0.25) is 0 Å². The van der Waals surface area contributed by atoms with Crippen LogP contribution in [0.3, 0.4) is 0 Å². The van der Waals surface area contributed by atoms with Crippen molar-refractivity contribution in [2.75, 3.05) is 18.2 Å².